The third-order valence-corrected chi connectivity index (χ3v) is 7.87. The lowest BCUT2D eigenvalue weighted by molar-refractivity contribution is 0.0684. The van der Waals surface area contributed by atoms with E-state index in [1.807, 2.05) is 48.2 Å². The van der Waals surface area contributed by atoms with E-state index in [0.717, 1.165) is 44.8 Å². The number of carbonyl (C=O) groups excluding carboxylic acids is 2. The maximum atomic E-state index is 13.8. The Bertz CT molecular complexity index is 1420. The molecular weight excluding hydrogens is 446 g/mol. The monoisotopic (exact) mass is 471 g/mol. The number of thiazole rings is 1. The van der Waals surface area contributed by atoms with E-state index < -0.39 is 0 Å². The molecule has 7 nitrogen and oxygen atoms in total. The summed E-state index contributed by atoms with van der Waals surface area (Å²) >= 11 is 1.56. The van der Waals surface area contributed by atoms with Gasteiger partial charge >= 0.3 is 0 Å². The van der Waals surface area contributed by atoms with E-state index in [2.05, 4.69) is 39.6 Å². The number of para-hydroxylation sites is 1. The quantitative estimate of drug-likeness (QED) is 0.453. The van der Waals surface area contributed by atoms with Crippen molar-refractivity contribution in [3.8, 4) is 10.4 Å². The number of carbonyl (C=O) groups is 2. The molecule has 172 valence electrons. The average molecular weight is 472 g/mol. The summed E-state index contributed by atoms with van der Waals surface area (Å²) in [4.78, 5) is 34.2. The highest BCUT2D eigenvalue weighted by Gasteiger charge is 2.54. The Hall–Kier alpha value is -3.52. The van der Waals surface area contributed by atoms with Crippen LogP contribution in [0, 0.1) is 19.8 Å². The molecule has 2 N–H and O–H groups in total. The first kappa shape index (κ1) is 21.0. The predicted molar refractivity (Wildman–Crippen MR) is 132 cm³/mol. The number of aromatic nitrogens is 3. The fourth-order valence-corrected chi connectivity index (χ4v) is 6.07. The lowest BCUT2D eigenvalue weighted by Crippen LogP contribution is -2.45. The molecule has 2 aromatic carbocycles. The number of nitrogens with one attached hydrogen (secondary N) is 2. The van der Waals surface area contributed by atoms with Crippen LogP contribution in [0.3, 0.4) is 0 Å². The van der Waals surface area contributed by atoms with Crippen molar-refractivity contribution < 1.29 is 9.59 Å². The zero-order chi connectivity index (χ0) is 23.4. The molecule has 1 saturated carbocycles. The molecule has 6 rings (SSSR count). The molecule has 0 radical (unpaired) electrons. The number of benzene rings is 2. The fourth-order valence-electron chi connectivity index (χ4n) is 5.16. The average Bonchev–Trinajstić information content (AvgIpc) is 3.17. The van der Waals surface area contributed by atoms with Crippen molar-refractivity contribution in [2.45, 2.75) is 38.8 Å². The summed E-state index contributed by atoms with van der Waals surface area (Å²) in [6.07, 6.45) is 1.93. The third-order valence-electron chi connectivity index (χ3n) is 6.85. The van der Waals surface area contributed by atoms with Crippen LogP contribution in [0.4, 0.5) is 0 Å². The number of rotatable bonds is 5. The van der Waals surface area contributed by atoms with Crippen LogP contribution < -0.4 is 5.32 Å². The summed E-state index contributed by atoms with van der Waals surface area (Å²) < 4.78 is 0. The van der Waals surface area contributed by atoms with Gasteiger partial charge in [-0.3, -0.25) is 14.7 Å². The van der Waals surface area contributed by atoms with Crippen LogP contribution in [-0.2, 0) is 0 Å². The lowest BCUT2D eigenvalue weighted by atomic mass is 10.1. The van der Waals surface area contributed by atoms with Gasteiger partial charge < -0.3 is 10.2 Å². The second-order valence-electron chi connectivity index (χ2n) is 9.27. The number of piperidine rings is 1. The van der Waals surface area contributed by atoms with E-state index in [9.17, 15) is 9.59 Å². The number of hydrogen-bond acceptors (Lipinski definition) is 5. The van der Waals surface area contributed by atoms with Crippen molar-refractivity contribution in [2.75, 3.05) is 6.54 Å². The topological polar surface area (TPSA) is 91.0 Å². The number of nitrogens with zero attached hydrogens (tertiary/aromatic N) is 3. The molecule has 8 heteroatoms. The van der Waals surface area contributed by atoms with Crippen LogP contribution in [-0.4, -0.2) is 50.5 Å². The van der Waals surface area contributed by atoms with E-state index in [1.165, 1.54) is 0 Å². The lowest BCUT2D eigenvalue weighted by Gasteiger charge is -2.27. The Morgan fingerprint density at radius 1 is 1.12 bits per heavy atom. The molecular formula is C26H25N5O2S. The van der Waals surface area contributed by atoms with Gasteiger partial charge in [0.2, 0.25) is 0 Å². The molecule has 2 aromatic heterocycles. The van der Waals surface area contributed by atoms with Gasteiger partial charge in [-0.2, -0.15) is 5.10 Å². The van der Waals surface area contributed by atoms with E-state index >= 15 is 0 Å². The van der Waals surface area contributed by atoms with E-state index in [0.29, 0.717) is 23.9 Å². The summed E-state index contributed by atoms with van der Waals surface area (Å²) in [5.41, 5.74) is 3.91. The Morgan fingerprint density at radius 2 is 1.97 bits per heavy atom. The smallest absolute Gasteiger partial charge is 0.274 e. The van der Waals surface area contributed by atoms with Gasteiger partial charge in [0.15, 0.2) is 5.69 Å². The third kappa shape index (κ3) is 3.58. The summed E-state index contributed by atoms with van der Waals surface area (Å²) in [6, 6.07) is 16.0. The van der Waals surface area contributed by atoms with E-state index in [4.69, 9.17) is 0 Å². The van der Waals surface area contributed by atoms with Crippen LogP contribution in [0.2, 0.25) is 0 Å². The minimum atomic E-state index is -0.227. The Morgan fingerprint density at radius 3 is 2.82 bits per heavy atom. The fraction of sp³-hybridized carbons (Fsp3) is 0.308. The molecule has 0 unspecified atom stereocenters. The van der Waals surface area contributed by atoms with Gasteiger partial charge in [0.25, 0.3) is 11.8 Å². The second-order valence-corrected chi connectivity index (χ2v) is 10.5. The summed E-state index contributed by atoms with van der Waals surface area (Å²) in [6.45, 7) is 4.40. The van der Waals surface area contributed by atoms with Gasteiger partial charge in [0, 0.05) is 18.0 Å². The highest BCUT2D eigenvalue weighted by atomic mass is 32.1. The van der Waals surface area contributed by atoms with Crippen molar-refractivity contribution in [3.63, 3.8) is 0 Å². The zero-order valence-corrected chi connectivity index (χ0v) is 19.9. The van der Waals surface area contributed by atoms with Crippen LogP contribution in [0.15, 0.2) is 48.5 Å². The van der Waals surface area contributed by atoms with Crippen LogP contribution in [0.1, 0.15) is 44.4 Å². The van der Waals surface area contributed by atoms with E-state index in [-0.39, 0.29) is 23.9 Å². The van der Waals surface area contributed by atoms with Gasteiger partial charge in [-0.15, -0.1) is 11.3 Å². The highest BCUT2D eigenvalue weighted by molar-refractivity contribution is 7.15. The van der Waals surface area contributed by atoms with Crippen molar-refractivity contribution in [1.82, 2.24) is 25.4 Å². The molecule has 4 aromatic rings. The molecule has 1 aliphatic carbocycles. The molecule has 2 aliphatic rings. The normalized spacial score (nSPS) is 21.0. The van der Waals surface area contributed by atoms with Crippen molar-refractivity contribution in [3.05, 3.63) is 70.5 Å². The van der Waals surface area contributed by atoms with Gasteiger partial charge in [-0.05, 0) is 44.2 Å². The molecule has 0 spiro atoms. The van der Waals surface area contributed by atoms with Crippen molar-refractivity contribution in [1.29, 1.82) is 0 Å². The van der Waals surface area contributed by atoms with Crippen LogP contribution in [0.25, 0.3) is 21.3 Å². The zero-order valence-electron chi connectivity index (χ0n) is 19.0. The molecule has 1 saturated heterocycles. The maximum Gasteiger partial charge on any atom is 0.274 e. The van der Waals surface area contributed by atoms with Crippen molar-refractivity contribution >= 4 is 34.1 Å². The Balaban J connectivity index is 1.23. The second kappa shape index (κ2) is 8.06. The first-order chi connectivity index (χ1) is 16.5. The number of hydrogen-bond donors (Lipinski definition) is 2. The number of aryl methyl sites for hydroxylation is 2. The maximum absolute atomic E-state index is 13.8. The molecule has 2 amide bonds. The van der Waals surface area contributed by atoms with Crippen molar-refractivity contribution in [2.24, 2.45) is 5.92 Å². The molecule has 0 bridgehead atoms. The van der Waals surface area contributed by atoms with Gasteiger partial charge in [-0.1, -0.05) is 48.0 Å². The largest absolute Gasteiger partial charge is 0.349 e. The Kier molecular flexibility index (Phi) is 4.99. The molecule has 34 heavy (non-hydrogen) atoms. The first-order valence-corrected chi connectivity index (χ1v) is 12.4. The first-order valence-electron chi connectivity index (χ1n) is 11.6. The molecule has 3 heterocycles. The van der Waals surface area contributed by atoms with Crippen LogP contribution >= 0.6 is 11.3 Å². The SMILES string of the molecule is Cc1cccc(-c2sc(C)nc2C(=O)N2[C@H](CNC(=O)c3n[nH]c4ccccc34)C[C@@H]3C[C@@H]32)c1. The summed E-state index contributed by atoms with van der Waals surface area (Å²) in [7, 11) is 0. The molecule has 3 atom stereocenters. The number of fused-ring (bicyclic) bond motifs is 2. The van der Waals surface area contributed by atoms with Gasteiger partial charge in [0.1, 0.15) is 5.69 Å². The number of likely N-dealkylation sites (tertiary alicyclic amines) is 1. The number of H-pyrrole nitrogens is 1. The summed E-state index contributed by atoms with van der Waals surface area (Å²) in [5.74, 6) is 0.255. The van der Waals surface area contributed by atoms with Gasteiger partial charge in [0.05, 0.1) is 21.4 Å². The summed E-state index contributed by atoms with van der Waals surface area (Å²) in [5, 5.41) is 11.8. The minimum Gasteiger partial charge on any atom is -0.349 e. The predicted octanol–water partition coefficient (Wildman–Crippen LogP) is 4.34. The molecule has 1 aliphatic heterocycles. The van der Waals surface area contributed by atoms with Crippen LogP contribution in [0.5, 0.6) is 0 Å². The van der Waals surface area contributed by atoms with Gasteiger partial charge in [-0.25, -0.2) is 4.98 Å². The Labute approximate surface area is 201 Å². The van der Waals surface area contributed by atoms with E-state index in [1.54, 1.807) is 11.3 Å². The number of amides is 2. The standard InChI is InChI=1S/C26H25N5O2S/c1-14-6-5-7-16(10-14)24-23(28-15(2)34-24)26(33)31-18(11-17-12-21(17)31)13-27-25(32)22-19-8-3-4-9-20(19)29-30-22/h3-10,17-18,21H,11-13H2,1-2H3,(H,27,32)(H,29,30)/t17-,18+,21+/m1/s1. The number of aromatic amines is 1. The molecule has 2 fully saturated rings. The minimum absolute atomic E-state index is 0.0321. The highest BCUT2D eigenvalue weighted by Crippen LogP contribution is 2.48.